The molecular weight excluding hydrogens is 522 g/mol. The van der Waals surface area contributed by atoms with Crippen molar-refractivity contribution in [3.05, 3.63) is 74.2 Å². The number of likely N-dealkylation sites (tertiary alicyclic amines) is 1. The number of carbonyl (C=O) groups is 3. The minimum Gasteiger partial charge on any atom is -0.484 e. The van der Waals surface area contributed by atoms with E-state index in [1.165, 1.54) is 16.7 Å². The summed E-state index contributed by atoms with van der Waals surface area (Å²) in [6.07, 6.45) is 3.21. The number of benzene rings is 2. The minimum atomic E-state index is -0.639. The number of rotatable bonds is 5. The Morgan fingerprint density at radius 1 is 0.974 bits per heavy atom. The molecule has 2 fully saturated rings. The number of fused-ring (bicyclic) bond motifs is 2. The molecule has 3 atom stereocenters. The van der Waals surface area contributed by atoms with Gasteiger partial charge < -0.3 is 14.6 Å². The number of H-pyrrole nitrogens is 1. The van der Waals surface area contributed by atoms with Crippen LogP contribution in [0.25, 0.3) is 0 Å². The van der Waals surface area contributed by atoms with Crippen LogP contribution >= 0.6 is 23.1 Å². The highest BCUT2D eigenvalue weighted by atomic mass is 32.2. The van der Waals surface area contributed by atoms with E-state index in [2.05, 4.69) is 4.98 Å². The molecule has 0 spiro atoms. The molecule has 3 aromatic rings. The maximum absolute atomic E-state index is 13.8. The molecule has 0 saturated carbocycles. The van der Waals surface area contributed by atoms with Gasteiger partial charge >= 0.3 is 4.87 Å². The van der Waals surface area contributed by atoms with Crippen LogP contribution in [0.2, 0.25) is 0 Å². The summed E-state index contributed by atoms with van der Waals surface area (Å²) in [4.78, 5) is 58.6. The van der Waals surface area contributed by atoms with Gasteiger partial charge in [-0.15, -0.1) is 0 Å². The fourth-order valence-electron chi connectivity index (χ4n) is 5.48. The smallest absolute Gasteiger partial charge is 0.305 e. The van der Waals surface area contributed by atoms with Crippen molar-refractivity contribution < 1.29 is 19.1 Å². The average Bonchev–Trinajstić information content (AvgIpc) is 3.43. The molecule has 6 rings (SSSR count). The SMILES string of the molecule is Cc1ccc(N2C(=O)[C@H]3[C@H](c4ccc(OCC(=O)N5CCCCC5)cc4)c4sc(=O)[nH]c4S[C@H]3C2=O)cc1. The molecule has 0 unspecified atom stereocenters. The third-order valence-corrected chi connectivity index (χ3v) is 9.83. The second-order valence-electron chi connectivity index (χ2n) is 9.90. The van der Waals surface area contributed by atoms with Gasteiger partial charge in [0.05, 0.1) is 16.6 Å². The van der Waals surface area contributed by atoms with Gasteiger partial charge in [0.15, 0.2) is 6.61 Å². The van der Waals surface area contributed by atoms with E-state index < -0.39 is 17.1 Å². The molecule has 2 saturated heterocycles. The Balaban J connectivity index is 1.27. The molecule has 3 aliphatic rings. The van der Waals surface area contributed by atoms with Crippen molar-refractivity contribution in [3.8, 4) is 5.75 Å². The Kier molecular flexibility index (Phi) is 6.61. The van der Waals surface area contributed by atoms with E-state index in [1.807, 2.05) is 36.1 Å². The number of imide groups is 1. The van der Waals surface area contributed by atoms with E-state index in [9.17, 15) is 19.2 Å². The third kappa shape index (κ3) is 4.45. The lowest BCUT2D eigenvalue weighted by Gasteiger charge is -2.30. The Morgan fingerprint density at radius 3 is 2.39 bits per heavy atom. The van der Waals surface area contributed by atoms with Gasteiger partial charge in [-0.3, -0.25) is 19.2 Å². The van der Waals surface area contributed by atoms with Crippen LogP contribution in [-0.2, 0) is 14.4 Å². The van der Waals surface area contributed by atoms with Gasteiger partial charge in [0, 0.05) is 23.9 Å². The molecule has 0 aliphatic carbocycles. The molecular formula is C28H27N3O5S2. The van der Waals surface area contributed by atoms with E-state index in [4.69, 9.17) is 4.74 Å². The first-order valence-corrected chi connectivity index (χ1v) is 14.4. The van der Waals surface area contributed by atoms with Gasteiger partial charge in [-0.2, -0.15) is 0 Å². The van der Waals surface area contributed by atoms with E-state index >= 15 is 0 Å². The maximum atomic E-state index is 13.8. The van der Waals surface area contributed by atoms with E-state index in [-0.39, 0.29) is 29.2 Å². The predicted molar refractivity (Wildman–Crippen MR) is 146 cm³/mol. The summed E-state index contributed by atoms with van der Waals surface area (Å²) in [7, 11) is 0. The number of anilines is 1. The first-order chi connectivity index (χ1) is 18.4. The molecule has 3 aliphatic heterocycles. The number of hydrogen-bond acceptors (Lipinski definition) is 7. The van der Waals surface area contributed by atoms with Crippen LogP contribution in [0.3, 0.4) is 0 Å². The highest BCUT2D eigenvalue weighted by molar-refractivity contribution is 8.00. The second-order valence-corrected chi connectivity index (χ2v) is 12.1. The molecule has 1 aromatic heterocycles. The standard InChI is InChI=1S/C28H27N3O5S2/c1-16-5-9-18(10-6-16)31-26(33)22-21(23-25(29-28(35)38-23)37-24(22)27(31)34)17-7-11-19(12-8-17)36-15-20(32)30-13-3-2-4-14-30/h5-12,21-22,24H,2-4,13-15H2,1H3,(H,29,35)/t21-,22-,24+/m0/s1. The summed E-state index contributed by atoms with van der Waals surface area (Å²) in [6.45, 7) is 3.48. The number of aromatic nitrogens is 1. The number of piperidine rings is 1. The first kappa shape index (κ1) is 24.9. The zero-order valence-electron chi connectivity index (χ0n) is 20.8. The van der Waals surface area contributed by atoms with Gasteiger partial charge in [0.25, 0.3) is 5.91 Å². The highest BCUT2D eigenvalue weighted by Crippen LogP contribution is 2.53. The molecule has 0 radical (unpaired) electrons. The fourth-order valence-corrected chi connectivity index (χ4v) is 7.99. The number of thiazole rings is 1. The minimum absolute atomic E-state index is 0.0195. The van der Waals surface area contributed by atoms with Crippen molar-refractivity contribution >= 4 is 46.5 Å². The fraction of sp³-hybridized carbons (Fsp3) is 0.357. The number of nitrogens with one attached hydrogen (secondary N) is 1. The van der Waals surface area contributed by atoms with Crippen LogP contribution in [-0.4, -0.2) is 52.6 Å². The summed E-state index contributed by atoms with van der Waals surface area (Å²) in [5.41, 5.74) is 2.41. The molecule has 10 heteroatoms. The predicted octanol–water partition coefficient (Wildman–Crippen LogP) is 3.93. The Bertz CT molecular complexity index is 1440. The summed E-state index contributed by atoms with van der Waals surface area (Å²) in [5, 5.41) is 0.00950. The van der Waals surface area contributed by atoms with Crippen LogP contribution in [0, 0.1) is 12.8 Å². The van der Waals surface area contributed by atoms with Crippen LogP contribution < -0.4 is 14.5 Å². The van der Waals surface area contributed by atoms with E-state index in [0.29, 0.717) is 16.5 Å². The molecule has 2 aromatic carbocycles. The third-order valence-electron chi connectivity index (χ3n) is 7.43. The van der Waals surface area contributed by atoms with Crippen molar-refractivity contribution in [1.29, 1.82) is 0 Å². The number of ether oxygens (including phenoxy) is 1. The molecule has 0 bridgehead atoms. The largest absolute Gasteiger partial charge is 0.484 e. The van der Waals surface area contributed by atoms with Crippen LogP contribution in [0.5, 0.6) is 5.75 Å². The van der Waals surface area contributed by atoms with Gasteiger partial charge in [0.2, 0.25) is 11.8 Å². The summed E-state index contributed by atoms with van der Waals surface area (Å²) in [6, 6.07) is 14.6. The number of hydrogen-bond donors (Lipinski definition) is 1. The Hall–Kier alpha value is -3.37. The van der Waals surface area contributed by atoms with Gasteiger partial charge in [-0.1, -0.05) is 52.9 Å². The first-order valence-electron chi connectivity index (χ1n) is 12.8. The van der Waals surface area contributed by atoms with Crippen LogP contribution in [0.1, 0.15) is 41.2 Å². The van der Waals surface area contributed by atoms with E-state index in [0.717, 1.165) is 59.7 Å². The van der Waals surface area contributed by atoms with Gasteiger partial charge in [0.1, 0.15) is 11.0 Å². The molecule has 38 heavy (non-hydrogen) atoms. The molecule has 1 N–H and O–H groups in total. The topological polar surface area (TPSA) is 99.8 Å². The van der Waals surface area contributed by atoms with Crippen LogP contribution in [0.15, 0.2) is 58.4 Å². The zero-order chi connectivity index (χ0) is 26.4. The van der Waals surface area contributed by atoms with Crippen molar-refractivity contribution in [3.63, 3.8) is 0 Å². The number of nitrogens with zero attached hydrogens (tertiary/aromatic N) is 2. The Morgan fingerprint density at radius 2 is 1.68 bits per heavy atom. The average molecular weight is 550 g/mol. The Labute approximate surface area is 228 Å². The van der Waals surface area contributed by atoms with E-state index in [1.54, 1.807) is 24.3 Å². The number of carbonyl (C=O) groups excluding carboxylic acids is 3. The van der Waals surface area contributed by atoms with Crippen molar-refractivity contribution in [2.75, 3.05) is 24.6 Å². The molecule has 8 nitrogen and oxygen atoms in total. The van der Waals surface area contributed by atoms with Crippen molar-refractivity contribution in [2.45, 2.75) is 42.4 Å². The lowest BCUT2D eigenvalue weighted by molar-refractivity contribution is -0.134. The monoisotopic (exact) mass is 549 g/mol. The van der Waals surface area contributed by atoms with Crippen LogP contribution in [0.4, 0.5) is 5.69 Å². The summed E-state index contributed by atoms with van der Waals surface area (Å²) < 4.78 is 5.77. The quantitative estimate of drug-likeness (QED) is 0.484. The number of amides is 3. The molecule has 4 heterocycles. The van der Waals surface area contributed by atoms with Gasteiger partial charge in [-0.25, -0.2) is 4.90 Å². The zero-order valence-corrected chi connectivity index (χ0v) is 22.5. The number of thioether (sulfide) groups is 1. The number of aryl methyl sites for hydroxylation is 1. The second kappa shape index (κ2) is 10.1. The molecule has 3 amide bonds. The molecule has 196 valence electrons. The maximum Gasteiger partial charge on any atom is 0.305 e. The van der Waals surface area contributed by atoms with Crippen molar-refractivity contribution in [2.24, 2.45) is 5.92 Å². The summed E-state index contributed by atoms with van der Waals surface area (Å²) >= 11 is 2.35. The lowest BCUT2D eigenvalue weighted by atomic mass is 9.83. The summed E-state index contributed by atoms with van der Waals surface area (Å²) in [5.74, 6) is -1.09. The highest BCUT2D eigenvalue weighted by Gasteiger charge is 2.56. The lowest BCUT2D eigenvalue weighted by Crippen LogP contribution is -2.38. The normalized spacial score (nSPS) is 22.8. The van der Waals surface area contributed by atoms with Crippen molar-refractivity contribution in [1.82, 2.24) is 9.88 Å². The number of aromatic amines is 1. The van der Waals surface area contributed by atoms with Gasteiger partial charge in [-0.05, 0) is 56.0 Å².